The maximum Gasteiger partial charge on any atom is 0.222 e. The second kappa shape index (κ2) is 6.43. The van der Waals surface area contributed by atoms with Crippen LogP contribution in [-0.4, -0.2) is 29.1 Å². The Kier molecular flexibility index (Phi) is 4.58. The lowest BCUT2D eigenvalue weighted by atomic mass is 9.86. The van der Waals surface area contributed by atoms with Gasteiger partial charge in [0.05, 0.1) is 0 Å². The molecule has 21 heavy (non-hydrogen) atoms. The van der Waals surface area contributed by atoms with Crippen LogP contribution in [0.1, 0.15) is 49.8 Å². The summed E-state index contributed by atoms with van der Waals surface area (Å²) in [6.45, 7) is 5.05. The first-order valence-electron chi connectivity index (χ1n) is 8.29. The Hall–Kier alpha value is -0.960. The smallest absolute Gasteiger partial charge is 0.222 e. The molecular formula is C18H25NOS. The monoisotopic (exact) mass is 303 g/mol. The third-order valence-corrected chi connectivity index (χ3v) is 5.84. The number of benzene rings is 1. The first kappa shape index (κ1) is 15.0. The van der Waals surface area contributed by atoms with Gasteiger partial charge in [-0.25, -0.2) is 0 Å². The van der Waals surface area contributed by atoms with Gasteiger partial charge in [-0.3, -0.25) is 4.79 Å². The molecule has 3 heteroatoms. The van der Waals surface area contributed by atoms with Gasteiger partial charge in [-0.05, 0) is 54.9 Å². The quantitative estimate of drug-likeness (QED) is 0.842. The van der Waals surface area contributed by atoms with Crippen LogP contribution in [0, 0.1) is 0 Å². The van der Waals surface area contributed by atoms with Gasteiger partial charge in [0.25, 0.3) is 0 Å². The summed E-state index contributed by atoms with van der Waals surface area (Å²) in [6, 6.07) is 5.26. The summed E-state index contributed by atoms with van der Waals surface area (Å²) in [4.78, 5) is 15.8. The van der Waals surface area contributed by atoms with E-state index in [1.165, 1.54) is 28.2 Å². The second-order valence-electron chi connectivity index (χ2n) is 6.16. The van der Waals surface area contributed by atoms with Crippen molar-refractivity contribution in [2.45, 2.75) is 63.3 Å². The molecule has 1 amide bonds. The molecule has 0 bridgehead atoms. The molecule has 0 radical (unpaired) electrons. The number of thioether (sulfide) groups is 1. The van der Waals surface area contributed by atoms with Crippen LogP contribution in [0.3, 0.4) is 0 Å². The Labute approximate surface area is 132 Å². The SMILES string of the molecule is CCCN(C(=O)CC)C1CCc2cc3c(cc2C1)SCC3. The fourth-order valence-electron chi connectivity index (χ4n) is 3.64. The highest BCUT2D eigenvalue weighted by Gasteiger charge is 2.27. The van der Waals surface area contributed by atoms with E-state index in [2.05, 4.69) is 24.0 Å². The Bertz CT molecular complexity index is 540. The number of carbonyl (C=O) groups excluding carboxylic acids is 1. The third-order valence-electron chi connectivity index (χ3n) is 4.74. The molecule has 114 valence electrons. The Morgan fingerprint density at radius 1 is 1.24 bits per heavy atom. The van der Waals surface area contributed by atoms with Crippen LogP contribution in [0.15, 0.2) is 17.0 Å². The minimum Gasteiger partial charge on any atom is -0.339 e. The van der Waals surface area contributed by atoms with Crippen molar-refractivity contribution in [3.05, 3.63) is 28.8 Å². The predicted octanol–water partition coefficient (Wildman–Crippen LogP) is 3.84. The van der Waals surface area contributed by atoms with Crippen LogP contribution in [0.2, 0.25) is 0 Å². The van der Waals surface area contributed by atoms with E-state index < -0.39 is 0 Å². The molecule has 0 saturated heterocycles. The molecule has 0 spiro atoms. The fourth-order valence-corrected chi connectivity index (χ4v) is 4.75. The van der Waals surface area contributed by atoms with Crippen molar-refractivity contribution in [2.24, 2.45) is 0 Å². The van der Waals surface area contributed by atoms with Gasteiger partial charge >= 0.3 is 0 Å². The summed E-state index contributed by atoms with van der Waals surface area (Å²) < 4.78 is 0. The Morgan fingerprint density at radius 2 is 2.10 bits per heavy atom. The molecular weight excluding hydrogens is 278 g/mol. The van der Waals surface area contributed by atoms with E-state index in [1.807, 2.05) is 18.7 Å². The molecule has 1 aromatic rings. The van der Waals surface area contributed by atoms with E-state index in [0.29, 0.717) is 18.4 Å². The number of hydrogen-bond donors (Lipinski definition) is 0. The van der Waals surface area contributed by atoms with Crippen LogP contribution >= 0.6 is 11.8 Å². The summed E-state index contributed by atoms with van der Waals surface area (Å²) >= 11 is 1.99. The maximum absolute atomic E-state index is 12.2. The minimum absolute atomic E-state index is 0.320. The number of nitrogens with zero attached hydrogens (tertiary/aromatic N) is 1. The largest absolute Gasteiger partial charge is 0.339 e. The molecule has 3 rings (SSSR count). The summed E-state index contributed by atoms with van der Waals surface area (Å²) in [7, 11) is 0. The van der Waals surface area contributed by atoms with Gasteiger partial charge in [0.2, 0.25) is 5.91 Å². The molecule has 2 nitrogen and oxygen atoms in total. The number of aryl methyl sites for hydroxylation is 2. The highest BCUT2D eigenvalue weighted by atomic mass is 32.2. The van der Waals surface area contributed by atoms with E-state index in [-0.39, 0.29) is 0 Å². The standard InChI is InChI=1S/C18H25NOS/c1-3-8-19(18(20)4-2)16-6-5-13-10-14-7-9-21-17(14)12-15(13)11-16/h10,12,16H,3-9,11H2,1-2H3. The molecule has 0 saturated carbocycles. The van der Waals surface area contributed by atoms with Crippen LogP contribution in [-0.2, 0) is 24.1 Å². The second-order valence-corrected chi connectivity index (χ2v) is 7.30. The van der Waals surface area contributed by atoms with Crippen molar-refractivity contribution in [2.75, 3.05) is 12.3 Å². The molecule has 0 fully saturated rings. The lowest BCUT2D eigenvalue weighted by Gasteiger charge is -2.35. The number of amides is 1. The van der Waals surface area contributed by atoms with E-state index in [9.17, 15) is 4.79 Å². The highest BCUT2D eigenvalue weighted by Crippen LogP contribution is 2.36. The summed E-state index contributed by atoms with van der Waals surface area (Å²) in [5, 5.41) is 0. The van der Waals surface area contributed by atoms with Crippen LogP contribution in [0.25, 0.3) is 0 Å². The normalized spacial score (nSPS) is 20.0. The molecule has 0 N–H and O–H groups in total. The van der Waals surface area contributed by atoms with E-state index in [4.69, 9.17) is 0 Å². The topological polar surface area (TPSA) is 20.3 Å². The zero-order valence-electron chi connectivity index (χ0n) is 13.2. The van der Waals surface area contributed by atoms with E-state index in [0.717, 1.165) is 32.2 Å². The van der Waals surface area contributed by atoms with Crippen molar-refractivity contribution < 1.29 is 4.79 Å². The van der Waals surface area contributed by atoms with Crippen LogP contribution in [0.4, 0.5) is 0 Å². The van der Waals surface area contributed by atoms with Crippen LogP contribution < -0.4 is 0 Å². The predicted molar refractivity (Wildman–Crippen MR) is 89.0 cm³/mol. The van der Waals surface area contributed by atoms with Crippen molar-refractivity contribution in [1.82, 2.24) is 4.90 Å². The van der Waals surface area contributed by atoms with Gasteiger partial charge in [-0.15, -0.1) is 11.8 Å². The Balaban J connectivity index is 1.81. The van der Waals surface area contributed by atoms with Gasteiger partial charge in [0.1, 0.15) is 0 Å². The number of carbonyl (C=O) groups is 1. The van der Waals surface area contributed by atoms with Gasteiger partial charge in [-0.1, -0.05) is 19.9 Å². The summed E-state index contributed by atoms with van der Waals surface area (Å²) in [5.41, 5.74) is 4.57. The molecule has 1 atom stereocenters. The minimum atomic E-state index is 0.320. The highest BCUT2D eigenvalue weighted by molar-refractivity contribution is 7.99. The van der Waals surface area contributed by atoms with Crippen LogP contribution in [0.5, 0.6) is 0 Å². The van der Waals surface area contributed by atoms with E-state index in [1.54, 1.807) is 5.56 Å². The summed E-state index contributed by atoms with van der Waals surface area (Å²) in [5.74, 6) is 1.55. The molecule has 1 heterocycles. The zero-order valence-corrected chi connectivity index (χ0v) is 14.0. The lowest BCUT2D eigenvalue weighted by Crippen LogP contribution is -2.43. The van der Waals surface area contributed by atoms with Crippen molar-refractivity contribution in [3.8, 4) is 0 Å². The average Bonchev–Trinajstić information content (AvgIpc) is 2.96. The molecule has 1 aromatic carbocycles. The average molecular weight is 303 g/mol. The van der Waals surface area contributed by atoms with Gasteiger partial charge in [0, 0.05) is 29.7 Å². The summed E-state index contributed by atoms with van der Waals surface area (Å²) in [6.07, 6.45) is 6.22. The van der Waals surface area contributed by atoms with Gasteiger partial charge in [0.15, 0.2) is 0 Å². The molecule has 1 aliphatic carbocycles. The van der Waals surface area contributed by atoms with E-state index >= 15 is 0 Å². The molecule has 1 unspecified atom stereocenters. The third kappa shape index (κ3) is 2.98. The number of rotatable bonds is 4. The zero-order chi connectivity index (χ0) is 14.8. The van der Waals surface area contributed by atoms with Gasteiger partial charge < -0.3 is 4.90 Å². The van der Waals surface area contributed by atoms with Crippen molar-refractivity contribution >= 4 is 17.7 Å². The molecule has 2 aliphatic rings. The number of fused-ring (bicyclic) bond motifs is 2. The number of hydrogen-bond acceptors (Lipinski definition) is 2. The van der Waals surface area contributed by atoms with Gasteiger partial charge in [-0.2, -0.15) is 0 Å². The first-order valence-corrected chi connectivity index (χ1v) is 9.28. The molecule has 0 aromatic heterocycles. The fraction of sp³-hybridized carbons (Fsp3) is 0.611. The first-order chi connectivity index (χ1) is 10.2. The van der Waals surface area contributed by atoms with Crippen molar-refractivity contribution in [1.29, 1.82) is 0 Å². The van der Waals surface area contributed by atoms with Crippen molar-refractivity contribution in [3.63, 3.8) is 0 Å². The molecule has 1 aliphatic heterocycles. The lowest BCUT2D eigenvalue weighted by molar-refractivity contribution is -0.133. The Morgan fingerprint density at radius 3 is 2.86 bits per heavy atom. The maximum atomic E-state index is 12.2.